The van der Waals surface area contributed by atoms with Crippen LogP contribution in [-0.2, 0) is 11.2 Å². The Balaban J connectivity index is 1.26. The minimum absolute atomic E-state index is 0.0268. The van der Waals surface area contributed by atoms with E-state index in [9.17, 15) is 9.59 Å². The summed E-state index contributed by atoms with van der Waals surface area (Å²) in [6, 6.07) is 13.7. The van der Waals surface area contributed by atoms with E-state index in [0.29, 0.717) is 43.1 Å². The Bertz CT molecular complexity index is 1120. The lowest BCUT2D eigenvalue weighted by Gasteiger charge is -2.41. The second-order valence-electron chi connectivity index (χ2n) is 10.9. The average molecular weight is 524 g/mol. The third kappa shape index (κ3) is 5.74. The van der Waals surface area contributed by atoms with E-state index in [1.54, 1.807) is 0 Å². The second kappa shape index (κ2) is 11.3. The molecule has 198 valence electrons. The maximum Gasteiger partial charge on any atom is 0.253 e. The maximum atomic E-state index is 13.5. The Hall–Kier alpha value is -2.73. The van der Waals surface area contributed by atoms with Crippen LogP contribution in [0.2, 0.25) is 5.02 Å². The second-order valence-corrected chi connectivity index (χ2v) is 11.3. The first kappa shape index (κ1) is 25.9. The summed E-state index contributed by atoms with van der Waals surface area (Å²) in [7, 11) is 0. The highest BCUT2D eigenvalue weighted by Gasteiger charge is 2.42. The molecule has 3 aliphatic rings. The van der Waals surface area contributed by atoms with Crippen LogP contribution in [-0.4, -0.2) is 55.5 Å². The number of amides is 2. The minimum Gasteiger partial charge on any atom is -0.491 e. The molecule has 3 heterocycles. The number of para-hydroxylation sites is 1. The van der Waals surface area contributed by atoms with E-state index in [1.165, 1.54) is 5.56 Å². The molecule has 0 aliphatic carbocycles. The van der Waals surface area contributed by atoms with Crippen molar-refractivity contribution in [3.05, 3.63) is 58.6 Å². The molecule has 6 nitrogen and oxygen atoms in total. The van der Waals surface area contributed by atoms with Crippen molar-refractivity contribution in [3.8, 4) is 5.75 Å². The van der Waals surface area contributed by atoms with Gasteiger partial charge < -0.3 is 19.9 Å². The zero-order valence-corrected chi connectivity index (χ0v) is 22.6. The molecule has 37 heavy (non-hydrogen) atoms. The SMILES string of the molecule is C[C@@H]1COc2ccccc2CCCCC2(CCN(C(=O)c3ccc(Cl)c(N4CCCC4)c3)CC2)C(=O)N1. The van der Waals surface area contributed by atoms with E-state index < -0.39 is 5.41 Å². The van der Waals surface area contributed by atoms with Crippen molar-refractivity contribution in [3.63, 3.8) is 0 Å². The lowest BCUT2D eigenvalue weighted by atomic mass is 9.73. The first-order valence-corrected chi connectivity index (χ1v) is 14.2. The third-order valence-corrected chi connectivity index (χ3v) is 8.64. The van der Waals surface area contributed by atoms with Crippen LogP contribution in [0.4, 0.5) is 5.69 Å². The van der Waals surface area contributed by atoms with Gasteiger partial charge in [0.2, 0.25) is 5.91 Å². The van der Waals surface area contributed by atoms with E-state index in [0.717, 1.165) is 63.1 Å². The number of fused-ring (bicyclic) bond motifs is 1. The fraction of sp³-hybridized carbons (Fsp3) is 0.533. The molecule has 1 N–H and O–H groups in total. The molecular formula is C30H38ClN3O3. The molecule has 3 aliphatic heterocycles. The van der Waals surface area contributed by atoms with Crippen molar-refractivity contribution in [1.29, 1.82) is 0 Å². The molecule has 0 bridgehead atoms. The van der Waals surface area contributed by atoms with Crippen LogP contribution in [0.25, 0.3) is 0 Å². The van der Waals surface area contributed by atoms with E-state index in [4.69, 9.17) is 16.3 Å². The standard InChI is InChI=1S/C30H38ClN3O3/c1-22-21-37-27-10-3-2-8-23(27)9-4-5-13-30(29(36)32-22)14-18-34(19-15-30)28(35)24-11-12-25(31)26(20-24)33-16-6-7-17-33/h2-3,8,10-12,20,22H,4-7,9,13-19,21H2,1H3,(H,32,36)/t22-/m1/s1. The average Bonchev–Trinajstić information content (AvgIpc) is 3.45. The van der Waals surface area contributed by atoms with Gasteiger partial charge in [0.05, 0.1) is 22.2 Å². The summed E-state index contributed by atoms with van der Waals surface area (Å²) in [4.78, 5) is 31.2. The topological polar surface area (TPSA) is 61.9 Å². The van der Waals surface area contributed by atoms with E-state index >= 15 is 0 Å². The summed E-state index contributed by atoms with van der Waals surface area (Å²) in [6.07, 6.45) is 7.45. The molecule has 2 aromatic rings. The van der Waals surface area contributed by atoms with Crippen molar-refractivity contribution >= 4 is 29.1 Å². The quantitative estimate of drug-likeness (QED) is 0.566. The summed E-state index contributed by atoms with van der Waals surface area (Å²) >= 11 is 6.48. The number of halogens is 1. The number of carbonyl (C=O) groups is 2. The number of nitrogens with one attached hydrogen (secondary N) is 1. The van der Waals surface area contributed by atoms with Gasteiger partial charge in [-0.2, -0.15) is 0 Å². The lowest BCUT2D eigenvalue weighted by molar-refractivity contribution is -0.135. The number of carbonyl (C=O) groups excluding carboxylic acids is 2. The van der Waals surface area contributed by atoms with Crippen molar-refractivity contribution in [2.75, 3.05) is 37.7 Å². The number of hydrogen-bond acceptors (Lipinski definition) is 4. The fourth-order valence-corrected chi connectivity index (χ4v) is 6.26. The van der Waals surface area contributed by atoms with Gasteiger partial charge in [0.1, 0.15) is 12.4 Å². The molecule has 5 rings (SSSR count). The number of rotatable bonds is 2. The first-order chi connectivity index (χ1) is 17.9. The normalized spacial score (nSPS) is 22.4. The number of piperidine rings is 1. The summed E-state index contributed by atoms with van der Waals surface area (Å²) in [5, 5.41) is 3.92. The van der Waals surface area contributed by atoms with Crippen LogP contribution < -0.4 is 15.0 Å². The van der Waals surface area contributed by atoms with Gasteiger partial charge in [0.15, 0.2) is 0 Å². The van der Waals surface area contributed by atoms with Crippen molar-refractivity contribution < 1.29 is 14.3 Å². The van der Waals surface area contributed by atoms with Gasteiger partial charge in [-0.15, -0.1) is 0 Å². The molecule has 2 aromatic carbocycles. The summed E-state index contributed by atoms with van der Waals surface area (Å²) in [5.74, 6) is 1.05. The molecule has 1 spiro atoms. The predicted octanol–water partition coefficient (Wildman–Crippen LogP) is 5.47. The largest absolute Gasteiger partial charge is 0.491 e. The van der Waals surface area contributed by atoms with Gasteiger partial charge in [-0.25, -0.2) is 0 Å². The Kier molecular flexibility index (Phi) is 7.94. The molecule has 2 fully saturated rings. The number of nitrogens with zero attached hydrogens (tertiary/aromatic N) is 2. The summed E-state index contributed by atoms with van der Waals surface area (Å²) < 4.78 is 6.07. The van der Waals surface area contributed by atoms with Crippen molar-refractivity contribution in [1.82, 2.24) is 10.2 Å². The highest BCUT2D eigenvalue weighted by atomic mass is 35.5. The molecule has 2 amide bonds. The van der Waals surface area contributed by atoms with Crippen LogP contribution in [0, 0.1) is 5.41 Å². The summed E-state index contributed by atoms with van der Waals surface area (Å²) in [5.41, 5.74) is 2.42. The summed E-state index contributed by atoms with van der Waals surface area (Å²) in [6.45, 7) is 5.57. The van der Waals surface area contributed by atoms with Gasteiger partial charge in [-0.3, -0.25) is 9.59 Å². The number of hydrogen-bond donors (Lipinski definition) is 1. The molecular weight excluding hydrogens is 486 g/mol. The molecule has 7 heteroatoms. The van der Waals surface area contributed by atoms with E-state index in [-0.39, 0.29) is 17.9 Å². The van der Waals surface area contributed by atoms with E-state index in [2.05, 4.69) is 22.3 Å². The van der Waals surface area contributed by atoms with Crippen LogP contribution in [0.15, 0.2) is 42.5 Å². The number of aryl methyl sites for hydroxylation is 1. The van der Waals surface area contributed by atoms with Crippen LogP contribution in [0.3, 0.4) is 0 Å². The molecule has 0 unspecified atom stereocenters. The molecule has 0 saturated carbocycles. The lowest BCUT2D eigenvalue weighted by Crippen LogP contribution is -2.52. The van der Waals surface area contributed by atoms with E-state index in [1.807, 2.05) is 42.2 Å². The van der Waals surface area contributed by atoms with Gasteiger partial charge >= 0.3 is 0 Å². The predicted molar refractivity (Wildman–Crippen MR) is 148 cm³/mol. The maximum absolute atomic E-state index is 13.5. The molecule has 0 radical (unpaired) electrons. The van der Waals surface area contributed by atoms with Gasteiger partial charge in [0, 0.05) is 31.7 Å². The highest BCUT2D eigenvalue weighted by molar-refractivity contribution is 6.33. The van der Waals surface area contributed by atoms with Crippen molar-refractivity contribution in [2.45, 2.75) is 64.3 Å². The minimum atomic E-state index is -0.440. The number of ether oxygens (including phenoxy) is 1. The van der Waals surface area contributed by atoms with Crippen molar-refractivity contribution in [2.24, 2.45) is 5.41 Å². The molecule has 2 saturated heterocycles. The molecule has 0 aromatic heterocycles. The number of likely N-dealkylation sites (tertiary alicyclic amines) is 1. The van der Waals surface area contributed by atoms with Gasteiger partial charge in [0.25, 0.3) is 5.91 Å². The number of anilines is 1. The third-order valence-electron chi connectivity index (χ3n) is 8.32. The Morgan fingerprint density at radius 3 is 2.54 bits per heavy atom. The first-order valence-electron chi connectivity index (χ1n) is 13.8. The Morgan fingerprint density at radius 1 is 1.00 bits per heavy atom. The van der Waals surface area contributed by atoms with Crippen LogP contribution >= 0.6 is 11.6 Å². The number of benzene rings is 2. The Labute approximate surface area is 225 Å². The highest BCUT2D eigenvalue weighted by Crippen LogP contribution is 2.39. The van der Waals surface area contributed by atoms with Gasteiger partial charge in [-0.1, -0.05) is 36.2 Å². The fourth-order valence-electron chi connectivity index (χ4n) is 6.02. The zero-order chi connectivity index (χ0) is 25.8. The van der Waals surface area contributed by atoms with Crippen LogP contribution in [0.5, 0.6) is 5.75 Å². The van der Waals surface area contributed by atoms with Gasteiger partial charge in [-0.05, 0) is 81.7 Å². The zero-order valence-electron chi connectivity index (χ0n) is 21.8. The molecule has 1 atom stereocenters. The smallest absolute Gasteiger partial charge is 0.253 e. The Morgan fingerprint density at radius 2 is 1.76 bits per heavy atom. The van der Waals surface area contributed by atoms with Crippen LogP contribution in [0.1, 0.15) is 67.8 Å². The monoisotopic (exact) mass is 523 g/mol.